The third kappa shape index (κ3) is 2.42. The van der Waals surface area contributed by atoms with Crippen LogP contribution in [0.4, 0.5) is 0 Å². The van der Waals surface area contributed by atoms with Gasteiger partial charge in [0.25, 0.3) is 5.91 Å². The molecule has 1 saturated heterocycles. The molecule has 1 aromatic heterocycles. The summed E-state index contributed by atoms with van der Waals surface area (Å²) in [4.78, 5) is 14.4. The maximum atomic E-state index is 12.5. The lowest BCUT2D eigenvalue weighted by Gasteiger charge is -2.34. The van der Waals surface area contributed by atoms with Crippen LogP contribution >= 0.6 is 0 Å². The number of carbonyl (C=O) groups is 1. The summed E-state index contributed by atoms with van der Waals surface area (Å²) in [5.41, 5.74) is 1.66. The number of hydrogen-bond acceptors (Lipinski definition) is 4. The number of amides is 1. The Morgan fingerprint density at radius 1 is 1.25 bits per heavy atom. The van der Waals surface area contributed by atoms with Crippen molar-refractivity contribution in [2.75, 3.05) is 19.6 Å². The van der Waals surface area contributed by atoms with Crippen LogP contribution < -0.4 is 5.32 Å². The van der Waals surface area contributed by atoms with E-state index in [1.54, 1.807) is 12.7 Å². The van der Waals surface area contributed by atoms with Gasteiger partial charge in [-0.2, -0.15) is 0 Å². The highest BCUT2D eigenvalue weighted by Gasteiger charge is 2.23. The lowest BCUT2D eigenvalue weighted by molar-refractivity contribution is 0.0656. The molecule has 1 aromatic carbocycles. The molecule has 3 rings (SSSR count). The van der Waals surface area contributed by atoms with Gasteiger partial charge in [-0.3, -0.25) is 9.36 Å². The average molecular weight is 271 g/mol. The monoisotopic (exact) mass is 271 g/mol. The molecule has 6 heteroatoms. The fourth-order valence-electron chi connectivity index (χ4n) is 2.42. The zero-order chi connectivity index (χ0) is 13.9. The molecule has 1 amide bonds. The summed E-state index contributed by atoms with van der Waals surface area (Å²) in [5.74, 6) is 0.0920. The fourth-order valence-corrected chi connectivity index (χ4v) is 2.42. The first kappa shape index (κ1) is 12.8. The standard InChI is InChI=1S/C14H17N5O/c1-11-8-15-6-7-19(11)14(20)12-2-4-13(5-3-12)18-9-16-17-10-18/h2-5,9-11,15H,6-8H2,1H3/t11-/m1/s1. The van der Waals surface area contributed by atoms with E-state index in [1.165, 1.54) is 0 Å². The minimum atomic E-state index is 0.0920. The zero-order valence-electron chi connectivity index (χ0n) is 11.4. The van der Waals surface area contributed by atoms with Gasteiger partial charge < -0.3 is 10.2 Å². The van der Waals surface area contributed by atoms with Crippen molar-refractivity contribution in [3.8, 4) is 5.69 Å². The predicted molar refractivity (Wildman–Crippen MR) is 74.7 cm³/mol. The molecule has 0 unspecified atom stereocenters. The van der Waals surface area contributed by atoms with Crippen molar-refractivity contribution in [3.05, 3.63) is 42.5 Å². The smallest absolute Gasteiger partial charge is 0.254 e. The summed E-state index contributed by atoms with van der Waals surface area (Å²) < 4.78 is 1.81. The van der Waals surface area contributed by atoms with E-state index >= 15 is 0 Å². The second-order valence-corrected chi connectivity index (χ2v) is 4.97. The van der Waals surface area contributed by atoms with Crippen molar-refractivity contribution < 1.29 is 4.79 Å². The molecule has 0 spiro atoms. The molecule has 1 aliphatic rings. The number of hydrogen-bond donors (Lipinski definition) is 1. The number of carbonyl (C=O) groups excluding carboxylic acids is 1. The summed E-state index contributed by atoms with van der Waals surface area (Å²) in [5, 5.41) is 10.8. The molecule has 0 saturated carbocycles. The highest BCUT2D eigenvalue weighted by molar-refractivity contribution is 5.94. The van der Waals surface area contributed by atoms with Gasteiger partial charge in [0.05, 0.1) is 0 Å². The first-order valence-corrected chi connectivity index (χ1v) is 6.72. The first-order chi connectivity index (χ1) is 9.75. The normalized spacial score (nSPS) is 19.1. The van der Waals surface area contributed by atoms with Gasteiger partial charge in [0, 0.05) is 36.9 Å². The van der Waals surface area contributed by atoms with Crippen LogP contribution in [0, 0.1) is 0 Å². The van der Waals surface area contributed by atoms with Crippen molar-refractivity contribution in [3.63, 3.8) is 0 Å². The van der Waals surface area contributed by atoms with Gasteiger partial charge in [-0.15, -0.1) is 10.2 Å². The minimum Gasteiger partial charge on any atom is -0.333 e. The molecule has 2 aromatic rings. The first-order valence-electron chi connectivity index (χ1n) is 6.72. The Morgan fingerprint density at radius 3 is 2.60 bits per heavy atom. The third-order valence-electron chi connectivity index (χ3n) is 3.59. The van der Waals surface area contributed by atoms with E-state index in [0.717, 1.165) is 30.9 Å². The Hall–Kier alpha value is -2.21. The summed E-state index contributed by atoms with van der Waals surface area (Å²) in [7, 11) is 0. The summed E-state index contributed by atoms with van der Waals surface area (Å²) in [6.07, 6.45) is 3.27. The highest BCUT2D eigenvalue weighted by atomic mass is 16.2. The number of nitrogens with zero attached hydrogens (tertiary/aromatic N) is 4. The lowest BCUT2D eigenvalue weighted by atomic mass is 10.1. The van der Waals surface area contributed by atoms with Crippen LogP contribution in [0.25, 0.3) is 5.69 Å². The molecule has 1 aliphatic heterocycles. The van der Waals surface area contributed by atoms with Crippen molar-refractivity contribution in [2.24, 2.45) is 0 Å². The SMILES string of the molecule is C[C@@H]1CNCCN1C(=O)c1ccc(-n2cnnc2)cc1. The maximum Gasteiger partial charge on any atom is 0.254 e. The van der Waals surface area contributed by atoms with Crippen LogP contribution in [0.2, 0.25) is 0 Å². The molecular weight excluding hydrogens is 254 g/mol. The average Bonchev–Trinajstić information content (AvgIpc) is 3.01. The molecule has 104 valence electrons. The molecule has 0 bridgehead atoms. The van der Waals surface area contributed by atoms with Crippen LogP contribution in [0.15, 0.2) is 36.9 Å². The Morgan fingerprint density at radius 2 is 1.95 bits per heavy atom. The van der Waals surface area contributed by atoms with Crippen molar-refractivity contribution >= 4 is 5.91 Å². The van der Waals surface area contributed by atoms with Crippen LogP contribution in [-0.2, 0) is 0 Å². The van der Waals surface area contributed by atoms with E-state index in [4.69, 9.17) is 0 Å². The predicted octanol–water partition coefficient (Wildman–Crippen LogP) is 0.701. The van der Waals surface area contributed by atoms with Gasteiger partial charge >= 0.3 is 0 Å². The minimum absolute atomic E-state index is 0.0920. The Labute approximate surface area is 117 Å². The molecule has 6 nitrogen and oxygen atoms in total. The van der Waals surface area contributed by atoms with Crippen LogP contribution in [0.5, 0.6) is 0 Å². The van der Waals surface area contributed by atoms with Crippen LogP contribution in [0.1, 0.15) is 17.3 Å². The largest absolute Gasteiger partial charge is 0.333 e. The molecule has 2 heterocycles. The van der Waals surface area contributed by atoms with E-state index in [1.807, 2.05) is 33.7 Å². The van der Waals surface area contributed by atoms with Crippen molar-refractivity contribution in [1.82, 2.24) is 25.0 Å². The molecule has 1 N–H and O–H groups in total. The second-order valence-electron chi connectivity index (χ2n) is 4.97. The zero-order valence-corrected chi connectivity index (χ0v) is 11.4. The van der Waals surface area contributed by atoms with E-state index < -0.39 is 0 Å². The van der Waals surface area contributed by atoms with Gasteiger partial charge in [0.2, 0.25) is 0 Å². The summed E-state index contributed by atoms with van der Waals surface area (Å²) in [6, 6.07) is 7.75. The molecular formula is C14H17N5O. The number of nitrogens with one attached hydrogen (secondary N) is 1. The van der Waals surface area contributed by atoms with Crippen molar-refractivity contribution in [2.45, 2.75) is 13.0 Å². The van der Waals surface area contributed by atoms with Gasteiger partial charge in [-0.1, -0.05) is 0 Å². The lowest BCUT2D eigenvalue weighted by Crippen LogP contribution is -2.52. The number of aromatic nitrogens is 3. The van der Waals surface area contributed by atoms with E-state index in [0.29, 0.717) is 0 Å². The molecule has 1 atom stereocenters. The molecule has 1 fully saturated rings. The van der Waals surface area contributed by atoms with Gasteiger partial charge in [-0.05, 0) is 31.2 Å². The quantitative estimate of drug-likeness (QED) is 0.873. The summed E-state index contributed by atoms with van der Waals surface area (Å²) in [6.45, 7) is 4.53. The molecule has 0 aliphatic carbocycles. The number of rotatable bonds is 2. The Kier molecular flexibility index (Phi) is 3.47. The van der Waals surface area contributed by atoms with Gasteiger partial charge in [0.1, 0.15) is 12.7 Å². The van der Waals surface area contributed by atoms with Crippen LogP contribution in [0.3, 0.4) is 0 Å². The molecule has 0 radical (unpaired) electrons. The Balaban J connectivity index is 1.78. The van der Waals surface area contributed by atoms with E-state index in [9.17, 15) is 4.79 Å². The maximum absolute atomic E-state index is 12.5. The fraction of sp³-hybridized carbons (Fsp3) is 0.357. The summed E-state index contributed by atoms with van der Waals surface area (Å²) >= 11 is 0. The van der Waals surface area contributed by atoms with Gasteiger partial charge in [-0.25, -0.2) is 0 Å². The topological polar surface area (TPSA) is 63.1 Å². The number of piperazine rings is 1. The molecule has 20 heavy (non-hydrogen) atoms. The second kappa shape index (κ2) is 5.42. The van der Waals surface area contributed by atoms with Crippen molar-refractivity contribution in [1.29, 1.82) is 0 Å². The van der Waals surface area contributed by atoms with Crippen LogP contribution in [-0.4, -0.2) is 51.2 Å². The third-order valence-corrected chi connectivity index (χ3v) is 3.59. The number of benzene rings is 1. The van der Waals surface area contributed by atoms with E-state index in [-0.39, 0.29) is 11.9 Å². The highest BCUT2D eigenvalue weighted by Crippen LogP contribution is 2.13. The van der Waals surface area contributed by atoms with Gasteiger partial charge in [0.15, 0.2) is 0 Å². The Bertz CT molecular complexity index is 578. The van der Waals surface area contributed by atoms with E-state index in [2.05, 4.69) is 22.4 Å².